The summed E-state index contributed by atoms with van der Waals surface area (Å²) < 4.78 is 47.0. The fourth-order valence-corrected chi connectivity index (χ4v) is 2.41. The summed E-state index contributed by atoms with van der Waals surface area (Å²) >= 11 is 0. The van der Waals surface area contributed by atoms with E-state index in [0.717, 1.165) is 37.2 Å². The lowest BCUT2D eigenvalue weighted by atomic mass is 10.3. The summed E-state index contributed by atoms with van der Waals surface area (Å²) in [5, 5.41) is 0. The van der Waals surface area contributed by atoms with E-state index >= 15 is 0 Å². The van der Waals surface area contributed by atoms with Crippen LogP contribution < -0.4 is 0 Å². The number of hydrogen-bond donors (Lipinski definition) is 0. The smallest absolute Gasteiger partial charge is 0.159 e. The molecule has 0 saturated carbocycles. The van der Waals surface area contributed by atoms with Crippen LogP contribution in [0.5, 0.6) is 0 Å². The molecule has 2 aliphatic rings. The van der Waals surface area contributed by atoms with E-state index in [0.29, 0.717) is 17.5 Å². The fourth-order valence-electron chi connectivity index (χ4n) is 2.41. The van der Waals surface area contributed by atoms with Crippen LogP contribution in [0.4, 0.5) is 13.2 Å². The number of hydrogen-bond acceptors (Lipinski definition) is 8. The summed E-state index contributed by atoms with van der Waals surface area (Å²) in [6.07, 6.45) is 10.7. The molecule has 32 heavy (non-hydrogen) atoms. The van der Waals surface area contributed by atoms with Crippen LogP contribution in [0.25, 0.3) is 6.08 Å². The molecular weight excluding hydrogens is 425 g/mol. The zero-order valence-electron chi connectivity index (χ0n) is 17.6. The van der Waals surface area contributed by atoms with Gasteiger partial charge in [-0.2, -0.15) is 0 Å². The summed E-state index contributed by atoms with van der Waals surface area (Å²) in [5.74, 6) is 0.430. The number of allylic oxidation sites excluding steroid dienone is 1. The Morgan fingerprint density at radius 2 is 0.969 bits per heavy atom. The first-order chi connectivity index (χ1) is 15.4. The largest absolute Gasteiger partial charge is 0.361 e. The number of epoxide rings is 2. The molecule has 0 bridgehead atoms. The van der Waals surface area contributed by atoms with Crippen LogP contribution in [0.15, 0.2) is 43.3 Å². The third kappa shape index (κ3) is 7.13. The number of nitrogens with zero attached hydrogens (tertiary/aromatic N) is 6. The van der Waals surface area contributed by atoms with E-state index in [2.05, 4.69) is 29.9 Å². The van der Waals surface area contributed by atoms with Gasteiger partial charge in [-0.3, -0.25) is 0 Å². The Morgan fingerprint density at radius 1 is 0.656 bits per heavy atom. The monoisotopic (exact) mass is 446 g/mol. The number of rotatable bonds is 3. The second kappa shape index (κ2) is 10.8. The van der Waals surface area contributed by atoms with Crippen molar-refractivity contribution in [2.24, 2.45) is 0 Å². The quantitative estimate of drug-likeness (QED) is 0.560. The first kappa shape index (κ1) is 23.4. The normalized spacial score (nSPS) is 22.9. The third-order valence-electron chi connectivity index (χ3n) is 4.17. The molecular formula is C21H21F3N6O2. The Labute approximate surface area is 182 Å². The van der Waals surface area contributed by atoms with Gasteiger partial charge in [0.1, 0.15) is 12.2 Å². The first-order valence-electron chi connectivity index (χ1n) is 9.73. The molecule has 2 unspecified atom stereocenters. The maximum atomic E-state index is 12.3. The van der Waals surface area contributed by atoms with Crippen molar-refractivity contribution in [2.45, 2.75) is 45.2 Å². The molecule has 0 radical (unpaired) electrons. The van der Waals surface area contributed by atoms with Gasteiger partial charge in [-0.15, -0.1) is 0 Å². The van der Waals surface area contributed by atoms with Gasteiger partial charge >= 0.3 is 0 Å². The first-order valence-corrected chi connectivity index (χ1v) is 9.73. The Bertz CT molecular complexity index is 962. The van der Waals surface area contributed by atoms with Crippen molar-refractivity contribution in [3.63, 3.8) is 0 Å². The number of halogens is 3. The molecule has 0 N–H and O–H groups in total. The van der Waals surface area contributed by atoms with Crippen LogP contribution in [-0.2, 0) is 9.47 Å². The molecule has 5 rings (SSSR count). The summed E-state index contributed by atoms with van der Waals surface area (Å²) in [4.78, 5) is 22.5. The van der Waals surface area contributed by atoms with Gasteiger partial charge in [0.05, 0.1) is 49.4 Å². The molecule has 11 heteroatoms. The van der Waals surface area contributed by atoms with Crippen molar-refractivity contribution >= 4 is 6.08 Å². The van der Waals surface area contributed by atoms with Gasteiger partial charge in [-0.25, -0.2) is 43.1 Å². The van der Waals surface area contributed by atoms with E-state index in [9.17, 15) is 13.2 Å². The molecule has 4 atom stereocenters. The molecule has 2 fully saturated rings. The van der Waals surface area contributed by atoms with Crippen LogP contribution in [0.3, 0.4) is 0 Å². The maximum absolute atomic E-state index is 12.3. The van der Waals surface area contributed by atoms with Crippen molar-refractivity contribution < 1.29 is 22.6 Å². The Morgan fingerprint density at radius 3 is 1.25 bits per heavy atom. The predicted octanol–water partition coefficient (Wildman–Crippen LogP) is 3.80. The summed E-state index contributed by atoms with van der Waals surface area (Å²) in [5.41, 5.74) is 0. The van der Waals surface area contributed by atoms with E-state index in [-0.39, 0.29) is 24.4 Å². The van der Waals surface area contributed by atoms with E-state index in [1.165, 1.54) is 0 Å². The standard InChI is InChI=1S/2C7H7FN2O.C7H7FN2/c2*1-4-6(11-4)7-9-2-5(8)3-10-7;1-2-3-7-9-4-6(8)5-10-7/h2*2-4,6H,1H3;2-5H,1H3/b;;3-2-/t2*4-,6?;/m10./s1. The average molecular weight is 446 g/mol. The van der Waals surface area contributed by atoms with Crippen molar-refractivity contribution in [3.05, 3.63) is 78.2 Å². The van der Waals surface area contributed by atoms with Gasteiger partial charge in [-0.1, -0.05) is 6.08 Å². The number of aromatic nitrogens is 6. The van der Waals surface area contributed by atoms with Gasteiger partial charge in [-0.05, 0) is 26.8 Å². The van der Waals surface area contributed by atoms with Crippen molar-refractivity contribution in [2.75, 3.05) is 0 Å². The van der Waals surface area contributed by atoms with Crippen molar-refractivity contribution in [3.8, 4) is 0 Å². The van der Waals surface area contributed by atoms with Gasteiger partial charge in [0.2, 0.25) is 0 Å². The highest BCUT2D eigenvalue weighted by Crippen LogP contribution is 2.36. The van der Waals surface area contributed by atoms with Crippen molar-refractivity contribution in [1.82, 2.24) is 29.9 Å². The second-order valence-electron chi connectivity index (χ2n) is 6.80. The average Bonchev–Trinajstić information content (AvgIpc) is 3.70. The van der Waals surface area contributed by atoms with E-state index in [4.69, 9.17) is 9.47 Å². The minimum atomic E-state index is -0.415. The molecule has 2 aliphatic heterocycles. The third-order valence-corrected chi connectivity index (χ3v) is 4.17. The lowest BCUT2D eigenvalue weighted by Crippen LogP contribution is -1.94. The Balaban J connectivity index is 0.000000136. The van der Waals surface area contributed by atoms with Crippen LogP contribution >= 0.6 is 0 Å². The lowest BCUT2D eigenvalue weighted by molar-refractivity contribution is 0.376. The molecule has 5 heterocycles. The van der Waals surface area contributed by atoms with E-state index < -0.39 is 17.5 Å². The van der Waals surface area contributed by atoms with Crippen LogP contribution in [0.1, 0.15) is 50.5 Å². The topological polar surface area (TPSA) is 102 Å². The number of ether oxygens (including phenoxy) is 2. The molecule has 3 aromatic rings. The van der Waals surface area contributed by atoms with Crippen LogP contribution in [0.2, 0.25) is 0 Å². The Hall–Kier alpha value is -3.31. The lowest BCUT2D eigenvalue weighted by Gasteiger charge is -1.91. The zero-order valence-corrected chi connectivity index (χ0v) is 17.6. The van der Waals surface area contributed by atoms with Crippen LogP contribution in [-0.4, -0.2) is 42.1 Å². The van der Waals surface area contributed by atoms with Gasteiger partial charge in [0.25, 0.3) is 0 Å². The highest BCUT2D eigenvalue weighted by atomic mass is 19.1. The molecule has 2 saturated heterocycles. The highest BCUT2D eigenvalue weighted by Gasteiger charge is 2.38. The SMILES string of the molecule is C/C=C\c1ncc(F)cn1.C[C@@H]1OC1c1ncc(F)cn1.C[C@H]1OC1c1ncc(F)cn1. The van der Waals surface area contributed by atoms with Gasteiger partial charge in [0.15, 0.2) is 34.9 Å². The summed E-state index contributed by atoms with van der Waals surface area (Å²) in [7, 11) is 0. The van der Waals surface area contributed by atoms with E-state index in [1.54, 1.807) is 12.2 Å². The fraction of sp³-hybridized carbons (Fsp3) is 0.333. The molecule has 3 aromatic heterocycles. The van der Waals surface area contributed by atoms with Crippen molar-refractivity contribution in [1.29, 1.82) is 0 Å². The molecule has 0 amide bonds. The minimum Gasteiger partial charge on any atom is -0.361 e. The minimum absolute atomic E-state index is 0.0180. The molecule has 0 spiro atoms. The molecule has 0 aliphatic carbocycles. The Kier molecular flexibility index (Phi) is 7.90. The molecule has 8 nitrogen and oxygen atoms in total. The summed E-state index contributed by atoms with van der Waals surface area (Å²) in [6.45, 7) is 5.71. The van der Waals surface area contributed by atoms with Gasteiger partial charge in [0, 0.05) is 0 Å². The highest BCUT2D eigenvalue weighted by molar-refractivity contribution is 5.37. The predicted molar refractivity (Wildman–Crippen MR) is 107 cm³/mol. The summed E-state index contributed by atoms with van der Waals surface area (Å²) in [6, 6.07) is 0. The van der Waals surface area contributed by atoms with E-state index in [1.807, 2.05) is 20.8 Å². The zero-order chi connectivity index (χ0) is 23.1. The van der Waals surface area contributed by atoms with Crippen LogP contribution in [0, 0.1) is 17.5 Å². The maximum Gasteiger partial charge on any atom is 0.159 e. The second-order valence-corrected chi connectivity index (χ2v) is 6.80. The molecule has 0 aromatic carbocycles. The van der Waals surface area contributed by atoms with Gasteiger partial charge < -0.3 is 9.47 Å². The molecule has 168 valence electrons.